The lowest BCUT2D eigenvalue weighted by molar-refractivity contribution is 0.0720. The molecule has 0 radical (unpaired) electrons. The maximum Gasteiger partial charge on any atom is 0.133 e. The summed E-state index contributed by atoms with van der Waals surface area (Å²) in [7, 11) is 1.66. The highest BCUT2D eigenvalue weighted by Crippen LogP contribution is 2.32. The maximum atomic E-state index is 10.4. The molecule has 1 aromatic carbocycles. The molecule has 1 aromatic rings. The van der Waals surface area contributed by atoms with Crippen molar-refractivity contribution in [3.05, 3.63) is 28.2 Å². The molecule has 1 N–H and O–H groups in total. The predicted octanol–water partition coefficient (Wildman–Crippen LogP) is 4.19. The van der Waals surface area contributed by atoms with Crippen LogP contribution in [0.15, 0.2) is 22.7 Å². The summed E-state index contributed by atoms with van der Waals surface area (Å²) in [5.41, 5.74) is 1.17. The van der Waals surface area contributed by atoms with Gasteiger partial charge in [0.1, 0.15) is 5.75 Å². The van der Waals surface area contributed by atoms with Crippen LogP contribution in [-0.4, -0.2) is 18.3 Å². The van der Waals surface area contributed by atoms with E-state index in [2.05, 4.69) is 22.9 Å². The summed E-state index contributed by atoms with van der Waals surface area (Å²) in [6, 6.07) is 6.04. The smallest absolute Gasteiger partial charge is 0.133 e. The minimum absolute atomic E-state index is 0.219. The number of halogens is 1. The molecule has 3 heteroatoms. The van der Waals surface area contributed by atoms with Gasteiger partial charge in [-0.3, -0.25) is 0 Å². The van der Waals surface area contributed by atoms with Crippen LogP contribution in [0.5, 0.6) is 5.75 Å². The minimum Gasteiger partial charge on any atom is -0.496 e. The lowest BCUT2D eigenvalue weighted by atomic mass is 9.78. The van der Waals surface area contributed by atoms with E-state index in [1.807, 2.05) is 18.2 Å². The van der Waals surface area contributed by atoms with E-state index in [1.165, 1.54) is 31.2 Å². The molecule has 2 rings (SSSR count). The van der Waals surface area contributed by atoms with Gasteiger partial charge in [-0.25, -0.2) is 0 Å². The average molecular weight is 327 g/mol. The van der Waals surface area contributed by atoms with Gasteiger partial charge in [0.05, 0.1) is 17.7 Å². The second kappa shape index (κ2) is 6.76. The Morgan fingerprint density at radius 2 is 2.21 bits per heavy atom. The molecule has 0 heterocycles. The summed E-state index contributed by atoms with van der Waals surface area (Å²) in [5.74, 6) is 2.06. The highest BCUT2D eigenvalue weighted by Gasteiger charge is 2.25. The van der Waals surface area contributed by atoms with Gasteiger partial charge in [0.25, 0.3) is 0 Å². The number of ether oxygens (including phenoxy) is 1. The van der Waals surface area contributed by atoms with E-state index in [0.717, 1.165) is 22.6 Å². The summed E-state index contributed by atoms with van der Waals surface area (Å²) >= 11 is 3.50. The zero-order chi connectivity index (χ0) is 13.8. The van der Waals surface area contributed by atoms with Gasteiger partial charge in [-0.15, -0.1) is 0 Å². The molecule has 0 aliphatic heterocycles. The van der Waals surface area contributed by atoms with Crippen molar-refractivity contribution < 1.29 is 9.84 Å². The fourth-order valence-electron chi connectivity index (χ4n) is 3.08. The van der Waals surface area contributed by atoms with Crippen LogP contribution in [-0.2, 0) is 6.42 Å². The molecular formula is C16H23BrO2. The summed E-state index contributed by atoms with van der Waals surface area (Å²) < 4.78 is 6.18. The van der Waals surface area contributed by atoms with Crippen molar-refractivity contribution in [2.45, 2.75) is 45.1 Å². The molecule has 0 spiro atoms. The maximum absolute atomic E-state index is 10.4. The van der Waals surface area contributed by atoms with Crippen LogP contribution in [0.1, 0.15) is 38.2 Å². The second-order valence-corrected chi connectivity index (χ2v) is 6.63. The number of hydrogen-bond acceptors (Lipinski definition) is 2. The van der Waals surface area contributed by atoms with Crippen LogP contribution in [0.25, 0.3) is 0 Å². The van der Waals surface area contributed by atoms with E-state index >= 15 is 0 Å². The Balaban J connectivity index is 1.98. The topological polar surface area (TPSA) is 29.5 Å². The zero-order valence-corrected chi connectivity index (χ0v) is 13.3. The summed E-state index contributed by atoms with van der Waals surface area (Å²) in [6.07, 6.45) is 5.43. The molecule has 106 valence electrons. The van der Waals surface area contributed by atoms with Gasteiger partial charge in [0.15, 0.2) is 0 Å². The van der Waals surface area contributed by atoms with E-state index in [0.29, 0.717) is 5.92 Å². The van der Waals surface area contributed by atoms with Gasteiger partial charge in [-0.1, -0.05) is 25.8 Å². The van der Waals surface area contributed by atoms with Gasteiger partial charge in [-0.2, -0.15) is 0 Å². The van der Waals surface area contributed by atoms with Crippen molar-refractivity contribution in [1.82, 2.24) is 0 Å². The fourth-order valence-corrected chi connectivity index (χ4v) is 3.66. The lowest BCUT2D eigenvalue weighted by Crippen LogP contribution is -2.27. The highest BCUT2D eigenvalue weighted by molar-refractivity contribution is 9.10. The van der Waals surface area contributed by atoms with Gasteiger partial charge in [0, 0.05) is 0 Å². The Morgan fingerprint density at radius 3 is 2.84 bits per heavy atom. The summed E-state index contributed by atoms with van der Waals surface area (Å²) in [4.78, 5) is 0. The van der Waals surface area contributed by atoms with Gasteiger partial charge in [-0.05, 0) is 64.7 Å². The van der Waals surface area contributed by atoms with E-state index in [1.54, 1.807) is 7.11 Å². The standard InChI is InChI=1S/C16H23BrO2/c1-11-4-3-5-13(8-11)15(18)10-12-6-7-16(19-2)14(17)9-12/h6-7,9,11,13,15,18H,3-5,8,10H2,1-2H3. The first-order chi connectivity index (χ1) is 9.10. The van der Waals surface area contributed by atoms with Crippen molar-refractivity contribution in [3.8, 4) is 5.75 Å². The zero-order valence-electron chi connectivity index (χ0n) is 11.7. The molecule has 19 heavy (non-hydrogen) atoms. The molecule has 3 unspecified atom stereocenters. The Bertz CT molecular complexity index is 419. The Hall–Kier alpha value is -0.540. The van der Waals surface area contributed by atoms with Crippen molar-refractivity contribution in [1.29, 1.82) is 0 Å². The Labute approximate surface area is 124 Å². The summed E-state index contributed by atoms with van der Waals surface area (Å²) in [5, 5.41) is 10.4. The van der Waals surface area contributed by atoms with E-state index < -0.39 is 0 Å². The van der Waals surface area contributed by atoms with E-state index in [-0.39, 0.29) is 6.10 Å². The molecule has 0 saturated heterocycles. The van der Waals surface area contributed by atoms with Crippen LogP contribution in [0.3, 0.4) is 0 Å². The Kier molecular flexibility index (Phi) is 5.28. The number of benzene rings is 1. The first kappa shape index (κ1) is 14.9. The van der Waals surface area contributed by atoms with E-state index in [9.17, 15) is 5.11 Å². The van der Waals surface area contributed by atoms with E-state index in [4.69, 9.17) is 4.74 Å². The predicted molar refractivity (Wildman–Crippen MR) is 81.5 cm³/mol. The fraction of sp³-hybridized carbons (Fsp3) is 0.625. The third-order valence-corrected chi connectivity index (χ3v) is 4.80. The number of aliphatic hydroxyl groups excluding tert-OH is 1. The van der Waals surface area contributed by atoms with Crippen LogP contribution in [0.4, 0.5) is 0 Å². The number of hydrogen-bond donors (Lipinski definition) is 1. The second-order valence-electron chi connectivity index (χ2n) is 5.77. The van der Waals surface area contributed by atoms with Gasteiger partial charge < -0.3 is 9.84 Å². The van der Waals surface area contributed by atoms with Crippen molar-refractivity contribution in [2.24, 2.45) is 11.8 Å². The molecule has 1 fully saturated rings. The van der Waals surface area contributed by atoms with Crippen molar-refractivity contribution in [3.63, 3.8) is 0 Å². The molecule has 0 amide bonds. The number of aliphatic hydroxyl groups is 1. The average Bonchev–Trinajstić information content (AvgIpc) is 2.39. The molecule has 0 aromatic heterocycles. The monoisotopic (exact) mass is 326 g/mol. The number of rotatable bonds is 4. The molecule has 0 bridgehead atoms. The molecule has 1 aliphatic carbocycles. The third kappa shape index (κ3) is 3.96. The normalized spacial score (nSPS) is 25.1. The van der Waals surface area contributed by atoms with Crippen LogP contribution < -0.4 is 4.74 Å². The van der Waals surface area contributed by atoms with Crippen LogP contribution >= 0.6 is 15.9 Å². The van der Waals surface area contributed by atoms with Crippen molar-refractivity contribution in [2.75, 3.05) is 7.11 Å². The quantitative estimate of drug-likeness (QED) is 0.899. The molecule has 2 nitrogen and oxygen atoms in total. The minimum atomic E-state index is -0.219. The van der Waals surface area contributed by atoms with Gasteiger partial charge in [0.2, 0.25) is 0 Å². The highest BCUT2D eigenvalue weighted by atomic mass is 79.9. The molecule has 3 atom stereocenters. The first-order valence-corrected chi connectivity index (χ1v) is 7.90. The molecule has 1 saturated carbocycles. The first-order valence-electron chi connectivity index (χ1n) is 7.10. The van der Waals surface area contributed by atoms with Crippen molar-refractivity contribution >= 4 is 15.9 Å². The largest absolute Gasteiger partial charge is 0.496 e. The SMILES string of the molecule is COc1ccc(CC(O)C2CCCC(C)C2)cc1Br. The Morgan fingerprint density at radius 1 is 1.42 bits per heavy atom. The van der Waals surface area contributed by atoms with Gasteiger partial charge >= 0.3 is 0 Å². The third-order valence-electron chi connectivity index (χ3n) is 4.18. The van der Waals surface area contributed by atoms with Crippen LogP contribution in [0.2, 0.25) is 0 Å². The summed E-state index contributed by atoms with van der Waals surface area (Å²) in [6.45, 7) is 2.29. The molecule has 1 aliphatic rings. The molecular weight excluding hydrogens is 304 g/mol. The lowest BCUT2D eigenvalue weighted by Gasteiger charge is -2.30. The number of methoxy groups -OCH3 is 1. The van der Waals surface area contributed by atoms with Crippen LogP contribution in [0, 0.1) is 11.8 Å².